The molecule has 7 aromatic rings. The van der Waals surface area contributed by atoms with Gasteiger partial charge in [0.05, 0.1) is 21.3 Å². The number of aromatic amines is 1. The van der Waals surface area contributed by atoms with Crippen LogP contribution in [0.2, 0.25) is 10.0 Å². The zero-order valence-corrected chi connectivity index (χ0v) is 33.1. The molecule has 0 radical (unpaired) electrons. The number of fused-ring (bicyclic) bond motifs is 2. The summed E-state index contributed by atoms with van der Waals surface area (Å²) in [6.07, 6.45) is 6.90. The predicted molar refractivity (Wildman–Crippen MR) is 229 cm³/mol. The summed E-state index contributed by atoms with van der Waals surface area (Å²) in [4.78, 5) is 38.7. The third-order valence-electron chi connectivity index (χ3n) is 10.7. The molecule has 2 fully saturated rings. The first-order valence-corrected chi connectivity index (χ1v) is 20.1. The van der Waals surface area contributed by atoms with Gasteiger partial charge in [-0.05, 0) is 78.9 Å². The Bertz CT molecular complexity index is 2550. The van der Waals surface area contributed by atoms with E-state index < -0.39 is 0 Å². The van der Waals surface area contributed by atoms with Crippen LogP contribution in [0.5, 0.6) is 0 Å². The number of anilines is 2. The van der Waals surface area contributed by atoms with Gasteiger partial charge < -0.3 is 20.4 Å². The monoisotopic (exact) mass is 814 g/mol. The lowest BCUT2D eigenvalue weighted by molar-refractivity contribution is 0.0919. The van der Waals surface area contributed by atoms with Crippen LogP contribution in [0.25, 0.3) is 32.8 Å². The quantitative estimate of drug-likeness (QED) is 0.147. The fourth-order valence-electron chi connectivity index (χ4n) is 7.60. The second kappa shape index (κ2) is 17.6. The number of halogens is 3. The summed E-state index contributed by atoms with van der Waals surface area (Å²) in [7, 11) is 0. The fourth-order valence-corrected chi connectivity index (χ4v) is 7.99. The Balaban J connectivity index is 0.000000162. The van der Waals surface area contributed by atoms with Crippen LogP contribution in [0, 0.1) is 5.82 Å². The first-order chi connectivity index (χ1) is 28.3. The molecule has 5 heterocycles. The minimum absolute atomic E-state index is 0.0329. The molecule has 0 spiro atoms. The van der Waals surface area contributed by atoms with Crippen LogP contribution in [0.3, 0.4) is 0 Å². The predicted octanol–water partition coefficient (Wildman–Crippen LogP) is 9.10. The summed E-state index contributed by atoms with van der Waals surface area (Å²) in [5.41, 5.74) is 2.64. The maximum absolute atomic E-state index is 13.7. The van der Waals surface area contributed by atoms with E-state index in [0.717, 1.165) is 85.5 Å². The zero-order chi connectivity index (χ0) is 40.0. The number of rotatable bonds is 7. The van der Waals surface area contributed by atoms with Crippen molar-refractivity contribution in [1.29, 1.82) is 0 Å². The Morgan fingerprint density at radius 2 is 1.26 bits per heavy atom. The first kappa shape index (κ1) is 38.8. The number of nitrogens with zero attached hydrogens (tertiary/aromatic N) is 5. The van der Waals surface area contributed by atoms with Gasteiger partial charge in [0.25, 0.3) is 11.8 Å². The highest BCUT2D eigenvalue weighted by molar-refractivity contribution is 6.43. The second-order valence-corrected chi connectivity index (χ2v) is 15.2. The van der Waals surface area contributed by atoms with Crippen LogP contribution < -0.4 is 20.4 Å². The van der Waals surface area contributed by atoms with Crippen LogP contribution in [-0.4, -0.2) is 70.2 Å². The first-order valence-electron chi connectivity index (χ1n) is 19.3. The van der Waals surface area contributed by atoms with E-state index >= 15 is 0 Å². The highest BCUT2D eigenvalue weighted by Crippen LogP contribution is 2.30. The molecule has 0 unspecified atom stereocenters. The Morgan fingerprint density at radius 3 is 1.95 bits per heavy atom. The van der Waals surface area contributed by atoms with Crippen LogP contribution in [-0.2, 0) is 0 Å². The summed E-state index contributed by atoms with van der Waals surface area (Å²) < 4.78 is 13.7. The highest BCUT2D eigenvalue weighted by Gasteiger charge is 2.25. The largest absolute Gasteiger partial charge is 0.356 e. The fraction of sp³-hybridized carbons (Fsp3) is 0.222. The lowest BCUT2D eigenvalue weighted by Crippen LogP contribution is -2.45. The molecule has 0 saturated carbocycles. The Kier molecular flexibility index (Phi) is 11.8. The van der Waals surface area contributed by atoms with E-state index in [1.54, 1.807) is 36.5 Å². The summed E-state index contributed by atoms with van der Waals surface area (Å²) in [5, 5.41) is 18.1. The smallest absolute Gasteiger partial charge is 0.269 e. The number of carbonyl (C=O) groups is 2. The van der Waals surface area contributed by atoms with Crippen molar-refractivity contribution in [3.8, 4) is 11.3 Å². The molecule has 2 aliphatic rings. The average Bonchev–Trinajstić information content (AvgIpc) is 3.76. The number of amides is 2. The molecule has 0 bridgehead atoms. The van der Waals surface area contributed by atoms with E-state index in [-0.39, 0.29) is 34.7 Å². The number of hydrogen-bond donors (Lipinski definition) is 3. The van der Waals surface area contributed by atoms with Gasteiger partial charge in [0.2, 0.25) is 0 Å². The van der Waals surface area contributed by atoms with E-state index in [0.29, 0.717) is 16.3 Å². The van der Waals surface area contributed by atoms with Crippen molar-refractivity contribution in [3.63, 3.8) is 0 Å². The minimum Gasteiger partial charge on any atom is -0.356 e. The van der Waals surface area contributed by atoms with Gasteiger partial charge in [0.1, 0.15) is 23.1 Å². The summed E-state index contributed by atoms with van der Waals surface area (Å²) in [5.74, 6) is 1.20. The molecule has 0 atom stereocenters. The van der Waals surface area contributed by atoms with Crippen molar-refractivity contribution in [2.75, 3.05) is 36.0 Å². The molecule has 58 heavy (non-hydrogen) atoms. The number of nitrogens with one attached hydrogen (secondary N) is 3. The molecule has 9 rings (SSSR count). The Hall–Kier alpha value is -6.04. The summed E-state index contributed by atoms with van der Waals surface area (Å²) in [6.45, 7) is 3.17. The van der Waals surface area contributed by atoms with Gasteiger partial charge >= 0.3 is 0 Å². The molecule has 13 heteroatoms. The van der Waals surface area contributed by atoms with Crippen LogP contribution in [0.15, 0.2) is 122 Å². The molecule has 3 N–H and O–H groups in total. The Labute approximate surface area is 345 Å². The van der Waals surface area contributed by atoms with E-state index in [4.69, 9.17) is 23.2 Å². The van der Waals surface area contributed by atoms with Crippen molar-refractivity contribution in [2.24, 2.45) is 0 Å². The van der Waals surface area contributed by atoms with E-state index in [1.165, 1.54) is 22.9 Å². The number of H-pyrrole nitrogens is 1. The summed E-state index contributed by atoms with van der Waals surface area (Å²) in [6, 6.07) is 33.8. The molecular weight excluding hydrogens is 774 g/mol. The van der Waals surface area contributed by atoms with Crippen molar-refractivity contribution in [3.05, 3.63) is 149 Å². The van der Waals surface area contributed by atoms with Crippen LogP contribution in [0.4, 0.5) is 16.0 Å². The molecule has 4 aromatic carbocycles. The van der Waals surface area contributed by atoms with Crippen LogP contribution in [0.1, 0.15) is 46.5 Å². The number of pyridine rings is 2. The number of carbonyl (C=O) groups excluding carboxylic acids is 2. The van der Waals surface area contributed by atoms with Gasteiger partial charge in [-0.1, -0.05) is 89.9 Å². The maximum Gasteiger partial charge on any atom is 0.269 e. The number of aromatic nitrogens is 4. The van der Waals surface area contributed by atoms with Crippen LogP contribution >= 0.6 is 23.2 Å². The third kappa shape index (κ3) is 8.75. The maximum atomic E-state index is 13.7. The van der Waals surface area contributed by atoms with E-state index in [2.05, 4.69) is 58.8 Å². The summed E-state index contributed by atoms with van der Waals surface area (Å²) >= 11 is 12.1. The molecule has 10 nitrogen and oxygen atoms in total. The molecular formula is C45H41Cl2FN8O2. The SMILES string of the molecule is O=C(NC1CCN(c2nccc3ccc(F)cc23)CC1)c1cccc(Cl)c1Cl.O=C(NC1CCN(c2nccc3ccccc23)CC1)c1cc(-c2ccccc2)n[nH]1. The Morgan fingerprint density at radius 1 is 0.655 bits per heavy atom. The molecule has 294 valence electrons. The van der Waals surface area contributed by atoms with Gasteiger partial charge in [0, 0.05) is 67.0 Å². The normalized spacial score (nSPS) is 14.9. The number of piperidine rings is 2. The lowest BCUT2D eigenvalue weighted by atomic mass is 10.0. The van der Waals surface area contributed by atoms with Gasteiger partial charge in [0.15, 0.2) is 0 Å². The molecule has 2 saturated heterocycles. The zero-order valence-electron chi connectivity index (χ0n) is 31.5. The second-order valence-electron chi connectivity index (χ2n) is 14.5. The molecule has 2 aliphatic heterocycles. The molecule has 0 aliphatic carbocycles. The van der Waals surface area contributed by atoms with Gasteiger partial charge in [-0.15, -0.1) is 0 Å². The van der Waals surface area contributed by atoms with Gasteiger partial charge in [-0.2, -0.15) is 5.10 Å². The third-order valence-corrected chi connectivity index (χ3v) is 11.5. The van der Waals surface area contributed by atoms with E-state index in [9.17, 15) is 14.0 Å². The lowest BCUT2D eigenvalue weighted by Gasteiger charge is -2.33. The molecule has 2 amide bonds. The minimum atomic E-state index is -0.276. The topological polar surface area (TPSA) is 119 Å². The highest BCUT2D eigenvalue weighted by atomic mass is 35.5. The van der Waals surface area contributed by atoms with Gasteiger partial charge in [-0.3, -0.25) is 14.7 Å². The average molecular weight is 816 g/mol. The van der Waals surface area contributed by atoms with Crippen molar-refractivity contribution in [2.45, 2.75) is 37.8 Å². The molecule has 3 aromatic heterocycles. The number of hydrogen-bond acceptors (Lipinski definition) is 7. The van der Waals surface area contributed by atoms with Gasteiger partial charge in [-0.25, -0.2) is 14.4 Å². The van der Waals surface area contributed by atoms with E-state index in [1.807, 2.05) is 54.7 Å². The van der Waals surface area contributed by atoms with Crippen molar-refractivity contribution >= 4 is 68.2 Å². The number of benzene rings is 4. The standard InChI is InChI=1S/C24H23N5O.C21H18Cl2FN3O/c30-24(22-16-21(27-28-22)18-7-2-1-3-8-18)26-19-11-14-29(15-12-19)23-20-9-5-4-6-17(20)10-13-25-23;22-18-3-1-2-16(19(18)23)21(28)26-15-7-10-27(11-8-15)20-17-12-14(24)5-4-13(17)6-9-25-20/h1-10,13,16,19H,11-12,14-15H2,(H,26,30)(H,27,28);1-6,9,12,15H,7-8,10-11H2,(H,26,28). The van der Waals surface area contributed by atoms with Crippen molar-refractivity contribution in [1.82, 2.24) is 30.8 Å². The van der Waals surface area contributed by atoms with Crippen molar-refractivity contribution < 1.29 is 14.0 Å².